The molecule has 0 atom stereocenters. The average molecular weight is 413 g/mol. The Balaban J connectivity index is 1.33. The highest BCUT2D eigenvalue weighted by Crippen LogP contribution is 2.22. The number of piperidine rings is 1. The molecule has 0 aliphatic carbocycles. The molecule has 0 bridgehead atoms. The van der Waals surface area contributed by atoms with Crippen LogP contribution in [-0.4, -0.2) is 66.7 Å². The molecule has 1 aromatic carbocycles. The topological polar surface area (TPSA) is 61.8 Å². The van der Waals surface area contributed by atoms with Crippen LogP contribution in [0.1, 0.15) is 25.0 Å². The fourth-order valence-corrected chi connectivity index (χ4v) is 3.91. The molecule has 8 heteroatoms. The number of hydrogen-bond donors (Lipinski definition) is 0. The van der Waals surface area contributed by atoms with E-state index in [-0.39, 0.29) is 18.3 Å². The van der Waals surface area contributed by atoms with Crippen molar-refractivity contribution < 1.29 is 13.9 Å². The van der Waals surface area contributed by atoms with Gasteiger partial charge in [-0.1, -0.05) is 12.1 Å². The highest BCUT2D eigenvalue weighted by atomic mass is 19.1. The van der Waals surface area contributed by atoms with E-state index in [0.29, 0.717) is 26.2 Å². The molecule has 1 amide bonds. The molecule has 160 valence electrons. The number of anilines is 2. The van der Waals surface area contributed by atoms with E-state index in [1.807, 2.05) is 6.92 Å². The van der Waals surface area contributed by atoms with Crippen LogP contribution in [-0.2, 0) is 4.79 Å². The second-order valence-corrected chi connectivity index (χ2v) is 7.80. The molecule has 30 heavy (non-hydrogen) atoms. The average Bonchev–Trinajstić information content (AvgIpc) is 2.78. The molecule has 0 spiro atoms. The monoisotopic (exact) mass is 413 g/mol. The number of benzene rings is 1. The first-order valence-corrected chi connectivity index (χ1v) is 10.6. The summed E-state index contributed by atoms with van der Waals surface area (Å²) < 4.78 is 19.0. The third kappa shape index (κ3) is 4.80. The Labute approximate surface area is 176 Å². The summed E-state index contributed by atoms with van der Waals surface area (Å²) >= 11 is 0. The van der Waals surface area contributed by atoms with Crippen molar-refractivity contribution in [1.29, 1.82) is 0 Å². The minimum absolute atomic E-state index is 0.0999. The van der Waals surface area contributed by atoms with Crippen LogP contribution in [0.4, 0.5) is 16.2 Å². The van der Waals surface area contributed by atoms with Gasteiger partial charge in [-0.25, -0.2) is 9.37 Å². The van der Waals surface area contributed by atoms with Crippen LogP contribution in [0.3, 0.4) is 0 Å². The lowest BCUT2D eigenvalue weighted by molar-refractivity contribution is -0.133. The highest BCUT2D eigenvalue weighted by Gasteiger charge is 2.24. The molecule has 2 aliphatic heterocycles. The van der Waals surface area contributed by atoms with Gasteiger partial charge in [0.05, 0.1) is 0 Å². The van der Waals surface area contributed by atoms with Crippen molar-refractivity contribution in [3.8, 4) is 5.75 Å². The predicted molar refractivity (Wildman–Crippen MR) is 114 cm³/mol. The number of amides is 1. The number of aromatic nitrogens is 2. The van der Waals surface area contributed by atoms with Crippen LogP contribution in [0.25, 0.3) is 0 Å². The van der Waals surface area contributed by atoms with E-state index in [1.165, 1.54) is 31.4 Å². The summed E-state index contributed by atoms with van der Waals surface area (Å²) in [7, 11) is 0. The number of piperazine rings is 1. The quantitative estimate of drug-likeness (QED) is 0.751. The normalized spacial score (nSPS) is 17.2. The van der Waals surface area contributed by atoms with Crippen LogP contribution < -0.4 is 14.5 Å². The molecular formula is C22H28FN5O2. The molecule has 4 rings (SSSR count). The number of rotatable bonds is 5. The van der Waals surface area contributed by atoms with Crippen molar-refractivity contribution in [3.05, 3.63) is 41.8 Å². The number of aryl methyl sites for hydroxylation is 1. The maximum absolute atomic E-state index is 13.6. The van der Waals surface area contributed by atoms with Gasteiger partial charge < -0.3 is 19.4 Å². The van der Waals surface area contributed by atoms with Crippen molar-refractivity contribution in [2.45, 2.75) is 26.2 Å². The summed E-state index contributed by atoms with van der Waals surface area (Å²) in [5.41, 5.74) is 0.956. The van der Waals surface area contributed by atoms with E-state index >= 15 is 0 Å². The number of carbonyl (C=O) groups is 1. The van der Waals surface area contributed by atoms with E-state index in [4.69, 9.17) is 9.72 Å². The number of halogens is 1. The molecule has 7 nitrogen and oxygen atoms in total. The lowest BCUT2D eigenvalue weighted by Crippen LogP contribution is -2.50. The Morgan fingerprint density at radius 2 is 1.73 bits per heavy atom. The fourth-order valence-electron chi connectivity index (χ4n) is 3.91. The third-order valence-corrected chi connectivity index (χ3v) is 5.61. The second kappa shape index (κ2) is 9.28. The first-order chi connectivity index (χ1) is 14.6. The van der Waals surface area contributed by atoms with Gasteiger partial charge in [0.25, 0.3) is 5.91 Å². The molecule has 2 aromatic rings. The molecule has 3 heterocycles. The smallest absolute Gasteiger partial charge is 0.260 e. The van der Waals surface area contributed by atoms with Gasteiger partial charge in [0.1, 0.15) is 5.82 Å². The summed E-state index contributed by atoms with van der Waals surface area (Å²) in [4.78, 5) is 28.1. The summed E-state index contributed by atoms with van der Waals surface area (Å²) in [6.07, 6.45) is 3.69. The number of ether oxygens (including phenoxy) is 1. The fraction of sp³-hybridized carbons (Fsp3) is 0.500. The molecule has 0 unspecified atom stereocenters. The maximum Gasteiger partial charge on any atom is 0.260 e. The highest BCUT2D eigenvalue weighted by molar-refractivity contribution is 5.78. The lowest BCUT2D eigenvalue weighted by Gasteiger charge is -2.35. The minimum Gasteiger partial charge on any atom is -0.481 e. The number of carbonyl (C=O) groups excluding carboxylic acids is 1. The third-order valence-electron chi connectivity index (χ3n) is 5.61. The van der Waals surface area contributed by atoms with Gasteiger partial charge in [0.15, 0.2) is 18.2 Å². The summed E-state index contributed by atoms with van der Waals surface area (Å²) in [6.45, 7) is 6.37. The van der Waals surface area contributed by atoms with E-state index < -0.39 is 5.82 Å². The van der Waals surface area contributed by atoms with E-state index in [2.05, 4.69) is 20.9 Å². The molecule has 0 saturated carbocycles. The maximum atomic E-state index is 13.6. The zero-order valence-corrected chi connectivity index (χ0v) is 17.4. The number of hydrogen-bond acceptors (Lipinski definition) is 6. The molecule has 0 radical (unpaired) electrons. The van der Waals surface area contributed by atoms with E-state index in [9.17, 15) is 9.18 Å². The van der Waals surface area contributed by atoms with Gasteiger partial charge in [-0.15, -0.1) is 0 Å². The molecule has 2 aliphatic rings. The summed E-state index contributed by atoms with van der Waals surface area (Å²) in [5, 5.41) is 0. The van der Waals surface area contributed by atoms with Crippen LogP contribution in [0.2, 0.25) is 0 Å². The van der Waals surface area contributed by atoms with E-state index in [0.717, 1.165) is 30.5 Å². The first kappa shape index (κ1) is 20.4. The van der Waals surface area contributed by atoms with Gasteiger partial charge in [-0.3, -0.25) is 4.79 Å². The van der Waals surface area contributed by atoms with E-state index in [1.54, 1.807) is 17.0 Å². The van der Waals surface area contributed by atoms with Crippen LogP contribution in [0.15, 0.2) is 30.3 Å². The Morgan fingerprint density at radius 1 is 1.00 bits per heavy atom. The van der Waals surface area contributed by atoms with Gasteiger partial charge in [0, 0.05) is 51.0 Å². The first-order valence-electron chi connectivity index (χ1n) is 10.6. The van der Waals surface area contributed by atoms with Gasteiger partial charge in [-0.05, 0) is 38.3 Å². The number of para-hydroxylation sites is 1. The van der Waals surface area contributed by atoms with Crippen molar-refractivity contribution in [3.63, 3.8) is 0 Å². The molecule has 2 saturated heterocycles. The minimum atomic E-state index is -0.462. The zero-order valence-electron chi connectivity index (χ0n) is 17.4. The van der Waals surface area contributed by atoms with Gasteiger partial charge in [0.2, 0.25) is 5.95 Å². The summed E-state index contributed by atoms with van der Waals surface area (Å²) in [6, 6.07) is 8.16. The van der Waals surface area contributed by atoms with Crippen molar-refractivity contribution in [2.24, 2.45) is 0 Å². The molecule has 2 fully saturated rings. The zero-order chi connectivity index (χ0) is 20.9. The molecule has 1 aromatic heterocycles. The SMILES string of the molecule is Cc1cc(N2CCCCC2)nc(N2CCN(C(=O)COc3ccccc3F)CC2)n1. The molecule has 0 N–H and O–H groups in total. The van der Waals surface area contributed by atoms with Crippen LogP contribution >= 0.6 is 0 Å². The Morgan fingerprint density at radius 3 is 2.47 bits per heavy atom. The second-order valence-electron chi connectivity index (χ2n) is 7.80. The Bertz CT molecular complexity index is 880. The van der Waals surface area contributed by atoms with Crippen molar-refractivity contribution >= 4 is 17.7 Å². The molecular weight excluding hydrogens is 385 g/mol. The van der Waals surface area contributed by atoms with Crippen molar-refractivity contribution in [1.82, 2.24) is 14.9 Å². The number of nitrogens with zero attached hydrogens (tertiary/aromatic N) is 5. The van der Waals surface area contributed by atoms with Gasteiger partial charge >= 0.3 is 0 Å². The Hall–Kier alpha value is -2.90. The van der Waals surface area contributed by atoms with Crippen LogP contribution in [0.5, 0.6) is 5.75 Å². The largest absolute Gasteiger partial charge is 0.481 e. The standard InChI is InChI=1S/C22H28FN5O2/c1-17-15-20(26-9-5-2-6-10-26)25-22(24-17)28-13-11-27(12-14-28)21(29)16-30-19-8-4-3-7-18(19)23/h3-4,7-8,15H,2,5-6,9-14,16H2,1H3. The lowest BCUT2D eigenvalue weighted by atomic mass is 10.1. The predicted octanol–water partition coefficient (Wildman–Crippen LogP) is 2.64. The summed E-state index contributed by atoms with van der Waals surface area (Å²) in [5.74, 6) is 1.22. The van der Waals surface area contributed by atoms with Gasteiger partial charge in [-0.2, -0.15) is 4.98 Å². The van der Waals surface area contributed by atoms with Crippen molar-refractivity contribution in [2.75, 3.05) is 55.7 Å². The Kier molecular flexibility index (Phi) is 6.30. The van der Waals surface area contributed by atoms with Crippen LogP contribution in [0, 0.1) is 12.7 Å².